The average molecular weight is 285 g/mol. The molecule has 4 rings (SSSR count). The zero-order chi connectivity index (χ0) is 14.9. The lowest BCUT2D eigenvalue weighted by Gasteiger charge is -2.40. The highest BCUT2D eigenvalue weighted by Gasteiger charge is 2.78. The van der Waals surface area contributed by atoms with E-state index in [9.17, 15) is 4.79 Å². The van der Waals surface area contributed by atoms with Crippen molar-refractivity contribution in [1.29, 1.82) is 0 Å². The Hall–Kier alpha value is -1.35. The Bertz CT molecular complexity index is 627. The molecule has 1 aromatic carbocycles. The lowest BCUT2D eigenvalue weighted by Crippen LogP contribution is -2.52. The fourth-order valence-electron chi connectivity index (χ4n) is 5.19. The van der Waals surface area contributed by atoms with Crippen molar-refractivity contribution in [3.05, 3.63) is 29.8 Å². The number of benzene rings is 1. The van der Waals surface area contributed by atoms with Crippen LogP contribution in [0, 0.1) is 23.7 Å². The van der Waals surface area contributed by atoms with Gasteiger partial charge < -0.3 is 10.1 Å². The van der Waals surface area contributed by atoms with Crippen molar-refractivity contribution in [2.75, 3.05) is 11.9 Å². The molecule has 0 spiro atoms. The smallest absolute Gasteiger partial charge is 0.257 e. The predicted octanol–water partition coefficient (Wildman–Crippen LogP) is 3.53. The molecule has 112 valence electrons. The number of amides is 1. The Morgan fingerprint density at radius 3 is 2.76 bits per heavy atom. The summed E-state index contributed by atoms with van der Waals surface area (Å²) in [6.07, 6.45) is 3.24. The summed E-state index contributed by atoms with van der Waals surface area (Å²) < 4.78 is 6.14. The van der Waals surface area contributed by atoms with Gasteiger partial charge in [0.25, 0.3) is 5.91 Å². The van der Waals surface area contributed by atoms with Crippen LogP contribution in [0.5, 0.6) is 0 Å². The summed E-state index contributed by atoms with van der Waals surface area (Å²) in [5.74, 6) is 0.698. The number of nitrogens with one attached hydrogen (secondary N) is 1. The van der Waals surface area contributed by atoms with Gasteiger partial charge in [-0.2, -0.15) is 0 Å². The summed E-state index contributed by atoms with van der Waals surface area (Å²) in [4.78, 5) is 13.0. The number of rotatable bonds is 2. The fourth-order valence-corrected chi connectivity index (χ4v) is 5.19. The first kappa shape index (κ1) is 13.3. The number of aryl methyl sites for hydroxylation is 1. The van der Waals surface area contributed by atoms with Gasteiger partial charge in [0.1, 0.15) is 0 Å². The first-order chi connectivity index (χ1) is 9.93. The molecule has 1 aliphatic heterocycles. The van der Waals surface area contributed by atoms with E-state index in [-0.39, 0.29) is 16.7 Å². The van der Waals surface area contributed by atoms with Gasteiger partial charge in [-0.05, 0) is 43.7 Å². The highest BCUT2D eigenvalue weighted by Crippen LogP contribution is 2.75. The summed E-state index contributed by atoms with van der Waals surface area (Å²) in [6.45, 7) is 7.34. The van der Waals surface area contributed by atoms with Crippen LogP contribution in [-0.2, 0) is 9.53 Å². The molecule has 3 fully saturated rings. The van der Waals surface area contributed by atoms with Crippen LogP contribution >= 0.6 is 0 Å². The topological polar surface area (TPSA) is 38.3 Å². The molecule has 1 saturated heterocycles. The molecule has 3 heteroatoms. The predicted molar refractivity (Wildman–Crippen MR) is 82.0 cm³/mol. The maximum absolute atomic E-state index is 13.0. The molecule has 0 radical (unpaired) electrons. The number of anilines is 1. The Balaban J connectivity index is 1.68. The van der Waals surface area contributed by atoms with Gasteiger partial charge in [0, 0.05) is 16.5 Å². The lowest BCUT2D eigenvalue weighted by atomic mass is 9.66. The third-order valence-electron chi connectivity index (χ3n) is 6.96. The van der Waals surface area contributed by atoms with Gasteiger partial charge in [-0.3, -0.25) is 4.79 Å². The van der Waals surface area contributed by atoms with Crippen LogP contribution in [0.4, 0.5) is 5.69 Å². The van der Waals surface area contributed by atoms with Gasteiger partial charge in [0.2, 0.25) is 0 Å². The second-order valence-electron chi connectivity index (χ2n) is 7.57. The van der Waals surface area contributed by atoms with Gasteiger partial charge in [-0.25, -0.2) is 0 Å². The molecular weight excluding hydrogens is 262 g/mol. The molecule has 3 nitrogen and oxygen atoms in total. The molecule has 3 aliphatic rings. The maximum atomic E-state index is 13.0. The molecular formula is C18H23NO2. The molecule has 4 bridgehead atoms. The zero-order valence-electron chi connectivity index (χ0n) is 13.0. The minimum Gasteiger partial charge on any atom is -0.364 e. The van der Waals surface area contributed by atoms with Crippen LogP contribution in [0.1, 0.15) is 38.7 Å². The fraction of sp³-hybridized carbons (Fsp3) is 0.611. The highest BCUT2D eigenvalue weighted by atomic mass is 16.5. The van der Waals surface area contributed by atoms with Crippen molar-refractivity contribution in [2.45, 2.75) is 45.6 Å². The van der Waals surface area contributed by atoms with Crippen molar-refractivity contribution in [1.82, 2.24) is 0 Å². The van der Waals surface area contributed by atoms with E-state index < -0.39 is 5.60 Å². The summed E-state index contributed by atoms with van der Waals surface area (Å²) in [6, 6.07) is 7.94. The van der Waals surface area contributed by atoms with E-state index in [0.29, 0.717) is 5.92 Å². The van der Waals surface area contributed by atoms with Crippen molar-refractivity contribution in [3.8, 4) is 0 Å². The molecule has 2 aliphatic carbocycles. The SMILES string of the molecule is Cc1ccccc1NC(=O)[C@@]12C[C@H]3CC[C@]1(C)[C@]3(C)CO2. The third kappa shape index (κ3) is 1.36. The summed E-state index contributed by atoms with van der Waals surface area (Å²) >= 11 is 0. The van der Waals surface area contributed by atoms with Crippen molar-refractivity contribution >= 4 is 11.6 Å². The van der Waals surface area contributed by atoms with Gasteiger partial charge >= 0.3 is 0 Å². The lowest BCUT2D eigenvalue weighted by molar-refractivity contribution is -0.149. The molecule has 1 heterocycles. The number of carbonyl (C=O) groups excluding carboxylic acids is 1. The van der Waals surface area contributed by atoms with Gasteiger partial charge in [0.15, 0.2) is 5.60 Å². The highest BCUT2D eigenvalue weighted by molar-refractivity contribution is 5.99. The zero-order valence-corrected chi connectivity index (χ0v) is 13.0. The van der Waals surface area contributed by atoms with E-state index >= 15 is 0 Å². The van der Waals surface area contributed by atoms with Crippen LogP contribution in [0.25, 0.3) is 0 Å². The second-order valence-corrected chi connectivity index (χ2v) is 7.57. The minimum atomic E-state index is -0.618. The standard InChI is InChI=1S/C18H23NO2/c1-12-6-4-5-7-14(12)19-15(20)18-10-13-8-9-17(18,3)16(13,2)11-21-18/h4-7,13H,8-11H2,1-3H3,(H,19,20)/t13-,16-,17-,18+/m1/s1. The van der Waals surface area contributed by atoms with Crippen LogP contribution in [0.2, 0.25) is 0 Å². The normalized spacial score (nSPS) is 43.3. The first-order valence-corrected chi connectivity index (χ1v) is 7.94. The molecule has 1 amide bonds. The summed E-state index contributed by atoms with van der Waals surface area (Å²) in [7, 11) is 0. The minimum absolute atomic E-state index is 0.0164. The van der Waals surface area contributed by atoms with Crippen molar-refractivity contribution in [3.63, 3.8) is 0 Å². The maximum Gasteiger partial charge on any atom is 0.257 e. The van der Waals surface area contributed by atoms with E-state index in [4.69, 9.17) is 4.74 Å². The van der Waals surface area contributed by atoms with Gasteiger partial charge in [-0.15, -0.1) is 0 Å². The van der Waals surface area contributed by atoms with Crippen LogP contribution in [-0.4, -0.2) is 18.1 Å². The Kier molecular flexibility index (Phi) is 2.47. The molecule has 4 atom stereocenters. The van der Waals surface area contributed by atoms with Crippen LogP contribution in [0.3, 0.4) is 0 Å². The largest absolute Gasteiger partial charge is 0.364 e. The van der Waals surface area contributed by atoms with Gasteiger partial charge in [-0.1, -0.05) is 32.0 Å². The molecule has 0 aromatic heterocycles. The number of ether oxygens (including phenoxy) is 1. The van der Waals surface area contributed by atoms with Crippen LogP contribution < -0.4 is 5.32 Å². The number of hydrogen-bond donors (Lipinski definition) is 1. The third-order valence-corrected chi connectivity index (χ3v) is 6.96. The average Bonchev–Trinajstić information content (AvgIpc) is 2.93. The van der Waals surface area contributed by atoms with E-state index in [2.05, 4.69) is 19.2 Å². The molecule has 2 saturated carbocycles. The number of carbonyl (C=O) groups is 1. The Morgan fingerprint density at radius 2 is 2.10 bits per heavy atom. The molecule has 1 N–H and O–H groups in total. The second kappa shape index (κ2) is 3.89. The van der Waals surface area contributed by atoms with E-state index in [1.165, 1.54) is 6.42 Å². The molecule has 0 unspecified atom stereocenters. The molecule has 21 heavy (non-hydrogen) atoms. The van der Waals surface area contributed by atoms with Gasteiger partial charge in [0.05, 0.1) is 6.61 Å². The molecule has 1 aromatic rings. The van der Waals surface area contributed by atoms with E-state index in [1.54, 1.807) is 0 Å². The van der Waals surface area contributed by atoms with Crippen molar-refractivity contribution < 1.29 is 9.53 Å². The summed E-state index contributed by atoms with van der Waals surface area (Å²) in [5.41, 5.74) is 1.54. The monoisotopic (exact) mass is 285 g/mol. The first-order valence-electron chi connectivity index (χ1n) is 7.94. The number of para-hydroxylation sites is 1. The van der Waals surface area contributed by atoms with E-state index in [0.717, 1.165) is 30.7 Å². The summed E-state index contributed by atoms with van der Waals surface area (Å²) in [5, 5.41) is 3.13. The Morgan fingerprint density at radius 1 is 1.33 bits per heavy atom. The number of hydrogen-bond acceptors (Lipinski definition) is 2. The van der Waals surface area contributed by atoms with Crippen molar-refractivity contribution in [2.24, 2.45) is 16.7 Å². The quantitative estimate of drug-likeness (QED) is 0.902. The Labute approximate surface area is 126 Å². The van der Waals surface area contributed by atoms with E-state index in [1.807, 2.05) is 31.2 Å². The van der Waals surface area contributed by atoms with Crippen LogP contribution in [0.15, 0.2) is 24.3 Å².